The van der Waals surface area contributed by atoms with Gasteiger partial charge in [0.25, 0.3) is 0 Å². The molecule has 1 heterocycles. The minimum Gasteiger partial charge on any atom is -0.338 e. The van der Waals surface area contributed by atoms with E-state index in [4.69, 9.17) is 23.2 Å². The molecule has 134 valence electrons. The Morgan fingerprint density at radius 1 is 1.24 bits per heavy atom. The SMILES string of the molecule is CC(=O)Nc1ccc(S(=O)(=O)C(C)C)c(Nc2nc(Cl)ncc2Cl)c1. The number of nitrogens with one attached hydrogen (secondary N) is 2. The molecular weight excluding hydrogens is 387 g/mol. The van der Waals surface area contributed by atoms with Gasteiger partial charge in [0.1, 0.15) is 5.02 Å². The van der Waals surface area contributed by atoms with Gasteiger partial charge in [0.05, 0.1) is 22.0 Å². The van der Waals surface area contributed by atoms with Gasteiger partial charge in [0.15, 0.2) is 15.7 Å². The molecule has 0 saturated carbocycles. The Morgan fingerprint density at radius 2 is 1.92 bits per heavy atom. The molecule has 2 rings (SSSR count). The number of sulfone groups is 1. The van der Waals surface area contributed by atoms with Gasteiger partial charge in [-0.15, -0.1) is 0 Å². The Balaban J connectivity index is 2.58. The highest BCUT2D eigenvalue weighted by molar-refractivity contribution is 7.92. The highest BCUT2D eigenvalue weighted by atomic mass is 35.5. The van der Waals surface area contributed by atoms with E-state index < -0.39 is 15.1 Å². The third-order valence-corrected chi connectivity index (χ3v) is 5.86. The molecule has 0 radical (unpaired) electrons. The largest absolute Gasteiger partial charge is 0.338 e. The quantitative estimate of drug-likeness (QED) is 0.739. The molecule has 10 heteroatoms. The molecule has 0 aliphatic carbocycles. The summed E-state index contributed by atoms with van der Waals surface area (Å²) >= 11 is 11.8. The zero-order valence-corrected chi connectivity index (χ0v) is 16.0. The molecule has 0 saturated heterocycles. The normalized spacial score (nSPS) is 11.4. The molecule has 0 unspecified atom stereocenters. The molecule has 2 aromatic rings. The molecule has 1 aromatic heterocycles. The lowest BCUT2D eigenvalue weighted by Crippen LogP contribution is -2.16. The van der Waals surface area contributed by atoms with Crippen molar-refractivity contribution in [1.82, 2.24) is 9.97 Å². The fourth-order valence-corrected chi connectivity index (χ4v) is 3.43. The Morgan fingerprint density at radius 3 is 2.52 bits per heavy atom. The van der Waals surface area contributed by atoms with E-state index in [0.29, 0.717) is 5.69 Å². The van der Waals surface area contributed by atoms with E-state index in [-0.39, 0.29) is 32.6 Å². The summed E-state index contributed by atoms with van der Waals surface area (Å²) < 4.78 is 25.2. The first kappa shape index (κ1) is 19.4. The maximum absolute atomic E-state index is 12.6. The fourth-order valence-electron chi connectivity index (χ4n) is 1.97. The molecule has 25 heavy (non-hydrogen) atoms. The highest BCUT2D eigenvalue weighted by Crippen LogP contribution is 2.32. The van der Waals surface area contributed by atoms with Crippen LogP contribution in [0.3, 0.4) is 0 Å². The van der Waals surface area contributed by atoms with E-state index >= 15 is 0 Å². The van der Waals surface area contributed by atoms with Crippen LogP contribution in [0.25, 0.3) is 0 Å². The molecular formula is C15H16Cl2N4O3S. The van der Waals surface area contributed by atoms with E-state index in [2.05, 4.69) is 20.6 Å². The third-order valence-electron chi connectivity index (χ3n) is 3.19. The number of carbonyl (C=O) groups excluding carboxylic acids is 1. The van der Waals surface area contributed by atoms with Gasteiger partial charge in [-0.25, -0.2) is 13.4 Å². The zero-order valence-electron chi connectivity index (χ0n) is 13.7. The number of hydrogen-bond donors (Lipinski definition) is 2. The van der Waals surface area contributed by atoms with Crippen molar-refractivity contribution in [2.24, 2.45) is 0 Å². The lowest BCUT2D eigenvalue weighted by atomic mass is 10.2. The van der Waals surface area contributed by atoms with E-state index in [1.807, 2.05) is 0 Å². The van der Waals surface area contributed by atoms with Crippen molar-refractivity contribution in [3.8, 4) is 0 Å². The molecule has 0 spiro atoms. The van der Waals surface area contributed by atoms with Crippen LogP contribution < -0.4 is 10.6 Å². The second kappa shape index (κ2) is 7.55. The van der Waals surface area contributed by atoms with Crippen LogP contribution in [-0.2, 0) is 14.6 Å². The molecule has 0 fully saturated rings. The third kappa shape index (κ3) is 4.59. The van der Waals surface area contributed by atoms with Crippen LogP contribution in [-0.4, -0.2) is 29.5 Å². The zero-order chi connectivity index (χ0) is 18.8. The number of carbonyl (C=O) groups is 1. The summed E-state index contributed by atoms with van der Waals surface area (Å²) in [5, 5.41) is 4.95. The average Bonchev–Trinajstić information content (AvgIpc) is 2.50. The van der Waals surface area contributed by atoms with Gasteiger partial charge >= 0.3 is 0 Å². The van der Waals surface area contributed by atoms with Gasteiger partial charge in [-0.3, -0.25) is 4.79 Å². The topological polar surface area (TPSA) is 101 Å². The van der Waals surface area contributed by atoms with Crippen molar-refractivity contribution >= 4 is 56.1 Å². The number of aromatic nitrogens is 2. The van der Waals surface area contributed by atoms with Crippen LogP contribution >= 0.6 is 23.2 Å². The van der Waals surface area contributed by atoms with Gasteiger partial charge in [-0.1, -0.05) is 11.6 Å². The number of amides is 1. The van der Waals surface area contributed by atoms with E-state index in [0.717, 1.165) is 0 Å². The van der Waals surface area contributed by atoms with E-state index in [1.54, 1.807) is 13.8 Å². The number of nitrogens with zero attached hydrogens (tertiary/aromatic N) is 2. The molecule has 0 bridgehead atoms. The maximum atomic E-state index is 12.6. The van der Waals surface area contributed by atoms with Crippen LogP contribution in [0, 0.1) is 0 Å². The summed E-state index contributed by atoms with van der Waals surface area (Å²) in [7, 11) is -3.59. The van der Waals surface area contributed by atoms with E-state index in [1.165, 1.54) is 31.3 Å². The van der Waals surface area contributed by atoms with Crippen LogP contribution in [0.5, 0.6) is 0 Å². The maximum Gasteiger partial charge on any atom is 0.224 e. The summed E-state index contributed by atoms with van der Waals surface area (Å²) in [5.74, 6) is -0.129. The predicted molar refractivity (Wildman–Crippen MR) is 98.4 cm³/mol. The summed E-state index contributed by atoms with van der Waals surface area (Å²) in [5.41, 5.74) is 0.644. The Labute approximate surface area is 155 Å². The molecule has 0 aliphatic heterocycles. The van der Waals surface area contributed by atoms with Crippen molar-refractivity contribution in [2.45, 2.75) is 30.9 Å². The fraction of sp³-hybridized carbons (Fsp3) is 0.267. The highest BCUT2D eigenvalue weighted by Gasteiger charge is 2.24. The number of hydrogen-bond acceptors (Lipinski definition) is 6. The number of rotatable bonds is 5. The van der Waals surface area contributed by atoms with Crippen molar-refractivity contribution in [1.29, 1.82) is 0 Å². The van der Waals surface area contributed by atoms with Gasteiger partial charge in [-0.05, 0) is 43.6 Å². The van der Waals surface area contributed by atoms with Crippen molar-refractivity contribution in [2.75, 3.05) is 10.6 Å². The molecule has 1 aromatic carbocycles. The molecule has 0 atom stereocenters. The van der Waals surface area contributed by atoms with Crippen LogP contribution in [0.4, 0.5) is 17.2 Å². The predicted octanol–water partition coefficient (Wildman–Crippen LogP) is 3.67. The van der Waals surface area contributed by atoms with Gasteiger partial charge in [0.2, 0.25) is 11.2 Å². The second-order valence-corrected chi connectivity index (χ2v) is 8.66. The first-order valence-electron chi connectivity index (χ1n) is 7.22. The molecule has 1 amide bonds. The van der Waals surface area contributed by atoms with Crippen LogP contribution in [0.15, 0.2) is 29.3 Å². The van der Waals surface area contributed by atoms with Crippen molar-refractivity contribution < 1.29 is 13.2 Å². The summed E-state index contributed by atoms with van der Waals surface area (Å²) in [4.78, 5) is 19.0. The summed E-state index contributed by atoms with van der Waals surface area (Å²) in [6.07, 6.45) is 1.30. The second-order valence-electron chi connectivity index (χ2n) is 5.45. The van der Waals surface area contributed by atoms with E-state index in [9.17, 15) is 13.2 Å². The van der Waals surface area contributed by atoms with Crippen molar-refractivity contribution in [3.05, 3.63) is 34.7 Å². The molecule has 7 nitrogen and oxygen atoms in total. The first-order valence-corrected chi connectivity index (χ1v) is 9.52. The first-order chi connectivity index (χ1) is 11.6. The van der Waals surface area contributed by atoms with Crippen LogP contribution in [0.1, 0.15) is 20.8 Å². The number of benzene rings is 1. The smallest absolute Gasteiger partial charge is 0.224 e. The monoisotopic (exact) mass is 402 g/mol. The van der Waals surface area contributed by atoms with Gasteiger partial charge in [-0.2, -0.15) is 4.98 Å². The molecule has 2 N–H and O–H groups in total. The van der Waals surface area contributed by atoms with Gasteiger partial charge in [0, 0.05) is 12.6 Å². The minimum atomic E-state index is -3.59. The number of halogens is 2. The standard InChI is InChI=1S/C15H16Cl2N4O3S/c1-8(2)25(23,24)13-5-4-10(19-9(3)22)6-12(13)20-14-11(16)7-18-15(17)21-14/h4-8H,1-3H3,(H,19,22)(H,18,20,21). The lowest BCUT2D eigenvalue weighted by molar-refractivity contribution is -0.114. The Kier molecular flexibility index (Phi) is 5.87. The van der Waals surface area contributed by atoms with Gasteiger partial charge < -0.3 is 10.6 Å². The summed E-state index contributed by atoms with van der Waals surface area (Å²) in [6.45, 7) is 4.51. The van der Waals surface area contributed by atoms with Crippen molar-refractivity contribution in [3.63, 3.8) is 0 Å². The summed E-state index contributed by atoms with van der Waals surface area (Å²) in [6, 6.07) is 4.42. The Bertz CT molecular complexity index is 917. The average molecular weight is 403 g/mol. The van der Waals surface area contributed by atoms with Crippen LogP contribution in [0.2, 0.25) is 10.3 Å². The Hall–Kier alpha value is -1.90. The number of anilines is 3. The molecule has 0 aliphatic rings. The lowest BCUT2D eigenvalue weighted by Gasteiger charge is -2.16. The minimum absolute atomic E-state index is 0.0433.